The van der Waals surface area contributed by atoms with Crippen molar-refractivity contribution in [3.05, 3.63) is 39.6 Å². The maximum atomic E-state index is 11.0. The van der Waals surface area contributed by atoms with Gasteiger partial charge < -0.3 is 15.2 Å². The molecule has 106 valence electrons. The Morgan fingerprint density at radius 2 is 2.10 bits per heavy atom. The van der Waals surface area contributed by atoms with Gasteiger partial charge in [-0.15, -0.1) is 0 Å². The van der Waals surface area contributed by atoms with E-state index in [0.717, 1.165) is 19.1 Å². The fourth-order valence-corrected chi connectivity index (χ4v) is 1.44. The summed E-state index contributed by atoms with van der Waals surface area (Å²) in [4.78, 5) is 32.0. The molecule has 0 saturated carbocycles. The molecule has 0 spiro atoms. The molecule has 0 unspecified atom stereocenters. The summed E-state index contributed by atoms with van der Waals surface area (Å²) in [5.74, 6) is -1.68. The molecule has 8 heteroatoms. The van der Waals surface area contributed by atoms with Crippen molar-refractivity contribution in [2.45, 2.75) is 6.92 Å². The number of carboxylic acids is 1. The second-order valence-corrected chi connectivity index (χ2v) is 3.73. The molecule has 8 nitrogen and oxygen atoms in total. The summed E-state index contributed by atoms with van der Waals surface area (Å²) in [6.45, 7) is 1.15. The van der Waals surface area contributed by atoms with E-state index in [2.05, 4.69) is 5.32 Å². The van der Waals surface area contributed by atoms with Gasteiger partial charge in [-0.2, -0.15) is 0 Å². The van der Waals surface area contributed by atoms with Gasteiger partial charge in [-0.05, 0) is 12.1 Å². The predicted octanol–water partition coefficient (Wildman–Crippen LogP) is 1.16. The van der Waals surface area contributed by atoms with Crippen LogP contribution in [0.2, 0.25) is 0 Å². The molecule has 1 aromatic rings. The van der Waals surface area contributed by atoms with Gasteiger partial charge in [0.05, 0.1) is 12.0 Å². The third-order valence-corrected chi connectivity index (χ3v) is 2.27. The molecular weight excluding hydrogens is 268 g/mol. The quantitative estimate of drug-likeness (QED) is 0.474. The van der Waals surface area contributed by atoms with Crippen LogP contribution in [0.15, 0.2) is 23.9 Å². The lowest BCUT2D eigenvalue weighted by Crippen LogP contribution is -2.24. The van der Waals surface area contributed by atoms with E-state index in [0.29, 0.717) is 0 Å². The van der Waals surface area contributed by atoms with E-state index in [9.17, 15) is 19.7 Å². The molecule has 0 heterocycles. The van der Waals surface area contributed by atoms with Crippen molar-refractivity contribution in [2.24, 2.45) is 0 Å². The van der Waals surface area contributed by atoms with Gasteiger partial charge in [0.2, 0.25) is 5.91 Å². The summed E-state index contributed by atoms with van der Waals surface area (Å²) in [5, 5.41) is 21.8. The smallest absolute Gasteiger partial charge is 0.352 e. The number of carbonyl (C=O) groups excluding carboxylic acids is 1. The van der Waals surface area contributed by atoms with Crippen LogP contribution in [0.25, 0.3) is 6.08 Å². The second kappa shape index (κ2) is 6.32. The van der Waals surface area contributed by atoms with E-state index in [1.54, 1.807) is 0 Å². The largest absolute Gasteiger partial charge is 0.496 e. The summed E-state index contributed by atoms with van der Waals surface area (Å²) in [7, 11) is 1.34. The highest BCUT2D eigenvalue weighted by atomic mass is 16.6. The molecular formula is C12H12N2O6. The molecule has 1 rings (SSSR count). The highest BCUT2D eigenvalue weighted by molar-refractivity contribution is 5.96. The van der Waals surface area contributed by atoms with Crippen LogP contribution in [-0.4, -0.2) is 29.0 Å². The number of carbonyl (C=O) groups is 2. The Labute approximate surface area is 113 Å². The van der Waals surface area contributed by atoms with Gasteiger partial charge >= 0.3 is 5.97 Å². The van der Waals surface area contributed by atoms with Crippen LogP contribution in [0, 0.1) is 10.1 Å². The number of methoxy groups -OCH3 is 1. The summed E-state index contributed by atoms with van der Waals surface area (Å²) < 4.78 is 4.99. The van der Waals surface area contributed by atoms with E-state index in [1.165, 1.54) is 19.2 Å². The molecule has 0 bridgehead atoms. The van der Waals surface area contributed by atoms with Crippen LogP contribution in [0.4, 0.5) is 5.69 Å². The van der Waals surface area contributed by atoms with E-state index in [4.69, 9.17) is 9.84 Å². The number of non-ortho nitro benzene ring substituents is 1. The Kier molecular flexibility index (Phi) is 4.79. The number of aliphatic carboxylic acids is 1. The molecule has 0 fully saturated rings. The van der Waals surface area contributed by atoms with Crippen LogP contribution in [-0.2, 0) is 9.59 Å². The monoisotopic (exact) mass is 280 g/mol. The predicted molar refractivity (Wildman–Crippen MR) is 69.1 cm³/mol. The molecule has 0 aliphatic carbocycles. The molecule has 0 radical (unpaired) electrons. The Hall–Kier alpha value is -2.90. The van der Waals surface area contributed by atoms with Crippen LogP contribution in [0.3, 0.4) is 0 Å². The molecule has 1 amide bonds. The van der Waals surface area contributed by atoms with Gasteiger partial charge in [0.15, 0.2) is 0 Å². The number of hydrogen-bond donors (Lipinski definition) is 2. The highest BCUT2D eigenvalue weighted by Crippen LogP contribution is 2.25. The van der Waals surface area contributed by atoms with Gasteiger partial charge in [0, 0.05) is 24.6 Å². The van der Waals surface area contributed by atoms with Crippen molar-refractivity contribution in [3.8, 4) is 5.75 Å². The minimum absolute atomic E-state index is 0.174. The summed E-state index contributed by atoms with van der Waals surface area (Å²) in [6, 6.07) is 3.73. The van der Waals surface area contributed by atoms with Gasteiger partial charge in [-0.3, -0.25) is 14.9 Å². The number of carboxylic acid groups (broad SMARTS) is 1. The number of nitro groups is 1. The summed E-state index contributed by atoms with van der Waals surface area (Å²) in [5.41, 5.74) is -0.450. The van der Waals surface area contributed by atoms with Gasteiger partial charge in [-0.1, -0.05) is 0 Å². The zero-order valence-corrected chi connectivity index (χ0v) is 10.7. The minimum atomic E-state index is -1.37. The summed E-state index contributed by atoms with van der Waals surface area (Å²) in [6.07, 6.45) is 1.09. The number of nitrogens with zero attached hydrogens (tertiary/aromatic N) is 1. The lowest BCUT2D eigenvalue weighted by molar-refractivity contribution is -0.384. The van der Waals surface area contributed by atoms with Crippen LogP contribution < -0.4 is 10.1 Å². The van der Waals surface area contributed by atoms with Crippen molar-refractivity contribution >= 4 is 23.6 Å². The maximum Gasteiger partial charge on any atom is 0.352 e. The van der Waals surface area contributed by atoms with Crippen LogP contribution in [0.1, 0.15) is 12.5 Å². The standard InChI is InChI=1S/C12H12N2O6/c1-7(15)13-10(12(16)17)6-8-5-9(14(18)19)3-4-11(8)20-2/h3-6H,1-2H3,(H,13,15)(H,16,17)/b10-6+. The molecule has 0 atom stereocenters. The Morgan fingerprint density at radius 3 is 2.55 bits per heavy atom. The van der Waals surface area contributed by atoms with E-state index < -0.39 is 22.5 Å². The first-order chi connectivity index (χ1) is 9.35. The SMILES string of the molecule is COc1ccc([N+](=O)[O-])cc1/C=C(/NC(C)=O)C(=O)O. The Morgan fingerprint density at radius 1 is 1.45 bits per heavy atom. The number of ether oxygens (including phenoxy) is 1. The average molecular weight is 280 g/mol. The Balaban J connectivity index is 3.33. The molecule has 0 aromatic heterocycles. The summed E-state index contributed by atoms with van der Waals surface area (Å²) >= 11 is 0. The lowest BCUT2D eigenvalue weighted by Gasteiger charge is -2.07. The first-order valence-electron chi connectivity index (χ1n) is 5.40. The van der Waals surface area contributed by atoms with Crippen molar-refractivity contribution in [3.63, 3.8) is 0 Å². The zero-order chi connectivity index (χ0) is 15.3. The van der Waals surface area contributed by atoms with Gasteiger partial charge in [0.1, 0.15) is 11.4 Å². The molecule has 0 aliphatic rings. The van der Waals surface area contributed by atoms with E-state index in [-0.39, 0.29) is 17.0 Å². The first kappa shape index (κ1) is 15.2. The normalized spacial score (nSPS) is 10.8. The topological polar surface area (TPSA) is 119 Å². The zero-order valence-electron chi connectivity index (χ0n) is 10.7. The molecule has 1 aromatic carbocycles. The second-order valence-electron chi connectivity index (χ2n) is 3.73. The number of rotatable bonds is 5. The first-order valence-corrected chi connectivity index (χ1v) is 5.40. The number of nitro benzene ring substituents is 1. The molecule has 2 N–H and O–H groups in total. The molecule has 0 saturated heterocycles. The van der Waals surface area contributed by atoms with Gasteiger partial charge in [0.25, 0.3) is 5.69 Å². The van der Waals surface area contributed by atoms with Crippen molar-refractivity contribution in [2.75, 3.05) is 7.11 Å². The Bertz CT molecular complexity index is 594. The van der Waals surface area contributed by atoms with Crippen LogP contribution in [0.5, 0.6) is 5.75 Å². The number of benzene rings is 1. The number of hydrogen-bond acceptors (Lipinski definition) is 5. The lowest BCUT2D eigenvalue weighted by atomic mass is 10.1. The van der Waals surface area contributed by atoms with Crippen molar-refractivity contribution in [1.29, 1.82) is 0 Å². The van der Waals surface area contributed by atoms with Gasteiger partial charge in [-0.25, -0.2) is 4.79 Å². The van der Waals surface area contributed by atoms with Crippen molar-refractivity contribution < 1.29 is 24.4 Å². The highest BCUT2D eigenvalue weighted by Gasteiger charge is 2.14. The fourth-order valence-electron chi connectivity index (χ4n) is 1.44. The third-order valence-electron chi connectivity index (χ3n) is 2.27. The van der Waals surface area contributed by atoms with Crippen LogP contribution >= 0.6 is 0 Å². The third kappa shape index (κ3) is 3.80. The minimum Gasteiger partial charge on any atom is -0.496 e. The van der Waals surface area contributed by atoms with E-state index >= 15 is 0 Å². The van der Waals surface area contributed by atoms with E-state index in [1.807, 2.05) is 0 Å². The number of amides is 1. The fraction of sp³-hybridized carbons (Fsp3) is 0.167. The van der Waals surface area contributed by atoms with Crippen molar-refractivity contribution in [1.82, 2.24) is 5.32 Å². The molecule has 0 aliphatic heterocycles. The molecule has 20 heavy (non-hydrogen) atoms. The number of nitrogens with one attached hydrogen (secondary N) is 1. The maximum absolute atomic E-state index is 11.0. The average Bonchev–Trinajstić information content (AvgIpc) is 2.37.